The van der Waals surface area contributed by atoms with Crippen LogP contribution in [0.2, 0.25) is 0 Å². The molecule has 2 fully saturated rings. The third kappa shape index (κ3) is 4.33. The minimum Gasteiger partial charge on any atom is -0.377 e. The van der Waals surface area contributed by atoms with Crippen molar-refractivity contribution in [1.82, 2.24) is 0 Å². The summed E-state index contributed by atoms with van der Waals surface area (Å²) in [5.41, 5.74) is 0.719. The second-order valence-corrected chi connectivity index (χ2v) is 8.23. The average Bonchev–Trinajstić information content (AvgIpc) is 2.65. The molecule has 152 valence electrons. The molecule has 1 saturated carbocycles. The number of benzene rings is 1. The smallest absolute Gasteiger partial charge is 0.251 e. The Kier molecular flexibility index (Phi) is 6.50. The Hall–Kier alpha value is -1.10. The molecule has 4 atom stereocenters. The maximum absolute atomic E-state index is 14.4. The summed E-state index contributed by atoms with van der Waals surface area (Å²) in [6, 6.07) is 3.28. The monoisotopic (exact) mass is 386 g/mol. The van der Waals surface area contributed by atoms with Gasteiger partial charge in [0.05, 0.1) is 12.7 Å². The lowest BCUT2D eigenvalue weighted by Gasteiger charge is -2.41. The van der Waals surface area contributed by atoms with Gasteiger partial charge in [-0.2, -0.15) is 0 Å². The van der Waals surface area contributed by atoms with E-state index in [9.17, 15) is 17.6 Å². The van der Waals surface area contributed by atoms with E-state index in [0.29, 0.717) is 43.2 Å². The van der Waals surface area contributed by atoms with Crippen LogP contribution in [0.15, 0.2) is 12.1 Å². The van der Waals surface area contributed by atoms with Crippen LogP contribution in [0.3, 0.4) is 0 Å². The number of halogens is 4. The lowest BCUT2D eigenvalue weighted by molar-refractivity contribution is -0.136. The third-order valence-corrected chi connectivity index (χ3v) is 6.50. The zero-order valence-corrected chi connectivity index (χ0v) is 16.2. The van der Waals surface area contributed by atoms with Crippen molar-refractivity contribution < 1.29 is 22.3 Å². The first kappa shape index (κ1) is 20.6. The normalized spacial score (nSPS) is 31.0. The van der Waals surface area contributed by atoms with Crippen LogP contribution in [0.1, 0.15) is 75.8 Å². The Balaban J connectivity index is 1.61. The Morgan fingerprint density at radius 3 is 2.41 bits per heavy atom. The van der Waals surface area contributed by atoms with Crippen molar-refractivity contribution in [3.8, 4) is 0 Å². The van der Waals surface area contributed by atoms with E-state index in [-0.39, 0.29) is 31.0 Å². The highest BCUT2D eigenvalue weighted by Gasteiger charge is 2.47. The van der Waals surface area contributed by atoms with Gasteiger partial charge >= 0.3 is 0 Å². The number of rotatable bonds is 5. The standard InChI is InChI=1S/C22H30F4O/c1-3-5-17-9-6-15(12-22(17,25)26)19-11-8-16(13-27-19)18-10-7-14(4-2)20(23)21(18)24/h7,10,15-17,19H,3-6,8-9,11-13H2,1-2H3. The second kappa shape index (κ2) is 8.50. The molecule has 3 rings (SSSR count). The number of hydrogen-bond acceptors (Lipinski definition) is 1. The van der Waals surface area contributed by atoms with Gasteiger partial charge < -0.3 is 4.74 Å². The van der Waals surface area contributed by atoms with Gasteiger partial charge in [-0.3, -0.25) is 0 Å². The van der Waals surface area contributed by atoms with E-state index in [1.165, 1.54) is 0 Å². The predicted octanol–water partition coefficient (Wildman–Crippen LogP) is 6.64. The summed E-state index contributed by atoms with van der Waals surface area (Å²) in [5.74, 6) is -5.04. The number of alkyl halides is 2. The summed E-state index contributed by atoms with van der Waals surface area (Å²) in [4.78, 5) is 0. The zero-order valence-electron chi connectivity index (χ0n) is 16.2. The van der Waals surface area contributed by atoms with Crippen LogP contribution in [0.5, 0.6) is 0 Å². The SMILES string of the molecule is CCCC1CCC(C2CCC(c3ccc(CC)c(F)c3F)CO2)CC1(F)F. The fraction of sp³-hybridized carbons (Fsp3) is 0.727. The average molecular weight is 386 g/mol. The maximum atomic E-state index is 14.4. The highest BCUT2D eigenvalue weighted by atomic mass is 19.3. The Labute approximate surface area is 159 Å². The van der Waals surface area contributed by atoms with Crippen molar-refractivity contribution in [1.29, 1.82) is 0 Å². The molecule has 1 aromatic rings. The first-order chi connectivity index (χ1) is 12.9. The predicted molar refractivity (Wildman–Crippen MR) is 98.1 cm³/mol. The molecule has 1 aromatic carbocycles. The third-order valence-electron chi connectivity index (χ3n) is 6.50. The molecule has 1 heterocycles. The Morgan fingerprint density at radius 2 is 1.81 bits per heavy atom. The molecule has 2 aliphatic rings. The first-order valence-electron chi connectivity index (χ1n) is 10.3. The molecule has 5 heteroatoms. The maximum Gasteiger partial charge on any atom is 0.251 e. The van der Waals surface area contributed by atoms with Gasteiger partial charge in [0.25, 0.3) is 5.92 Å². The quantitative estimate of drug-likeness (QED) is 0.515. The van der Waals surface area contributed by atoms with Crippen LogP contribution in [0.4, 0.5) is 17.6 Å². The minimum absolute atomic E-state index is 0.110. The molecule has 0 N–H and O–H groups in total. The van der Waals surface area contributed by atoms with E-state index >= 15 is 0 Å². The second-order valence-electron chi connectivity index (χ2n) is 8.23. The van der Waals surface area contributed by atoms with E-state index in [0.717, 1.165) is 12.8 Å². The molecule has 0 aromatic heterocycles. The van der Waals surface area contributed by atoms with Crippen LogP contribution >= 0.6 is 0 Å². The van der Waals surface area contributed by atoms with E-state index < -0.39 is 23.5 Å². The highest BCUT2D eigenvalue weighted by molar-refractivity contribution is 5.29. The summed E-state index contributed by atoms with van der Waals surface area (Å²) >= 11 is 0. The van der Waals surface area contributed by atoms with Crippen LogP contribution in [0.25, 0.3) is 0 Å². The van der Waals surface area contributed by atoms with Crippen LogP contribution in [-0.4, -0.2) is 18.6 Å². The number of ether oxygens (including phenoxy) is 1. The lowest BCUT2D eigenvalue weighted by atomic mass is 9.73. The topological polar surface area (TPSA) is 9.23 Å². The Bertz CT molecular complexity index is 637. The molecular weight excluding hydrogens is 356 g/mol. The van der Waals surface area contributed by atoms with Crippen molar-refractivity contribution in [3.63, 3.8) is 0 Å². The van der Waals surface area contributed by atoms with Gasteiger partial charge in [0.2, 0.25) is 0 Å². The molecular formula is C22H30F4O. The zero-order chi connectivity index (χ0) is 19.6. The molecule has 1 nitrogen and oxygen atoms in total. The fourth-order valence-electron chi connectivity index (χ4n) is 4.85. The van der Waals surface area contributed by atoms with Gasteiger partial charge in [-0.05, 0) is 55.6 Å². The summed E-state index contributed by atoms with van der Waals surface area (Å²) in [6.45, 7) is 4.01. The molecule has 1 saturated heterocycles. The first-order valence-corrected chi connectivity index (χ1v) is 10.3. The van der Waals surface area contributed by atoms with Gasteiger partial charge in [-0.1, -0.05) is 32.4 Å². The van der Waals surface area contributed by atoms with E-state index in [4.69, 9.17) is 4.74 Å². The summed E-state index contributed by atoms with van der Waals surface area (Å²) in [7, 11) is 0. The molecule has 0 bridgehead atoms. The van der Waals surface area contributed by atoms with Crippen molar-refractivity contribution in [2.75, 3.05) is 6.61 Å². The summed E-state index contributed by atoms with van der Waals surface area (Å²) in [6.07, 6.45) is 4.09. The largest absolute Gasteiger partial charge is 0.377 e. The van der Waals surface area contributed by atoms with Gasteiger partial charge in [-0.15, -0.1) is 0 Å². The minimum atomic E-state index is -2.62. The highest BCUT2D eigenvalue weighted by Crippen LogP contribution is 2.46. The van der Waals surface area contributed by atoms with Gasteiger partial charge in [0, 0.05) is 18.3 Å². The van der Waals surface area contributed by atoms with E-state index in [2.05, 4.69) is 0 Å². The lowest BCUT2D eigenvalue weighted by Crippen LogP contribution is -2.42. The molecule has 0 amide bonds. The molecule has 1 aliphatic carbocycles. The Morgan fingerprint density at radius 1 is 1.04 bits per heavy atom. The summed E-state index contributed by atoms with van der Waals surface area (Å²) < 4.78 is 63.2. The van der Waals surface area contributed by atoms with Crippen LogP contribution < -0.4 is 0 Å². The van der Waals surface area contributed by atoms with E-state index in [1.54, 1.807) is 19.1 Å². The van der Waals surface area contributed by atoms with Crippen molar-refractivity contribution >= 4 is 0 Å². The summed E-state index contributed by atoms with van der Waals surface area (Å²) in [5, 5.41) is 0. The van der Waals surface area contributed by atoms with Gasteiger partial charge in [0.15, 0.2) is 11.6 Å². The van der Waals surface area contributed by atoms with Crippen LogP contribution in [-0.2, 0) is 11.2 Å². The number of hydrogen-bond donors (Lipinski definition) is 0. The molecule has 27 heavy (non-hydrogen) atoms. The van der Waals surface area contributed by atoms with E-state index in [1.807, 2.05) is 6.92 Å². The fourth-order valence-corrected chi connectivity index (χ4v) is 4.85. The van der Waals surface area contributed by atoms with Crippen molar-refractivity contribution in [3.05, 3.63) is 34.9 Å². The van der Waals surface area contributed by atoms with Gasteiger partial charge in [-0.25, -0.2) is 17.6 Å². The van der Waals surface area contributed by atoms with Crippen molar-refractivity contribution in [2.24, 2.45) is 11.8 Å². The molecule has 0 spiro atoms. The molecule has 1 aliphatic heterocycles. The van der Waals surface area contributed by atoms with Crippen molar-refractivity contribution in [2.45, 2.75) is 83.2 Å². The number of aryl methyl sites for hydroxylation is 1. The molecule has 0 radical (unpaired) electrons. The van der Waals surface area contributed by atoms with Gasteiger partial charge in [0.1, 0.15) is 0 Å². The molecule has 4 unspecified atom stereocenters. The van der Waals surface area contributed by atoms with Crippen LogP contribution in [0, 0.1) is 23.5 Å².